The Labute approximate surface area is 156 Å². The van der Waals surface area contributed by atoms with Crippen LogP contribution in [0.4, 0.5) is 5.82 Å². The number of carbonyl (C=O) groups excluding carboxylic acids is 1. The van der Waals surface area contributed by atoms with Crippen LogP contribution in [0.3, 0.4) is 0 Å². The van der Waals surface area contributed by atoms with Crippen molar-refractivity contribution in [3.05, 3.63) is 29.5 Å². The number of hydrogen-bond acceptors (Lipinski definition) is 7. The molecule has 1 heterocycles. The fraction of sp³-hybridized carbons (Fsp3) is 0.389. The van der Waals surface area contributed by atoms with Crippen LogP contribution in [0, 0.1) is 6.92 Å². The number of carbonyl (C=O) groups is 2. The smallest absolute Gasteiger partial charge is 0.303 e. The third kappa shape index (κ3) is 5.13. The van der Waals surface area contributed by atoms with E-state index in [1.165, 1.54) is 21.3 Å². The number of carboxylic acids is 1. The standard InChI is InChI=1S/C18H22N2O7/c1-10-5-15(20-27-10)19-16(21)8-12(9-17(22)23)11-6-13(24-2)18(26-4)14(7-11)25-3/h5-7,12H,8-9H2,1-4H3,(H,22,23)(H,19,20,21). The number of anilines is 1. The molecule has 9 nitrogen and oxygen atoms in total. The second-order valence-corrected chi connectivity index (χ2v) is 5.83. The van der Waals surface area contributed by atoms with Gasteiger partial charge < -0.3 is 29.2 Å². The van der Waals surface area contributed by atoms with Gasteiger partial charge in [0.15, 0.2) is 17.3 Å². The van der Waals surface area contributed by atoms with E-state index in [0.717, 1.165) is 0 Å². The van der Waals surface area contributed by atoms with E-state index in [4.69, 9.17) is 18.7 Å². The predicted molar refractivity (Wildman–Crippen MR) is 95.6 cm³/mol. The first-order chi connectivity index (χ1) is 12.9. The summed E-state index contributed by atoms with van der Waals surface area (Å²) in [5, 5.41) is 15.5. The number of ether oxygens (including phenoxy) is 3. The molecule has 2 N–H and O–H groups in total. The van der Waals surface area contributed by atoms with Gasteiger partial charge in [0, 0.05) is 18.4 Å². The maximum atomic E-state index is 12.3. The highest BCUT2D eigenvalue weighted by molar-refractivity contribution is 5.90. The van der Waals surface area contributed by atoms with Gasteiger partial charge in [-0.1, -0.05) is 5.16 Å². The second-order valence-electron chi connectivity index (χ2n) is 5.83. The number of aliphatic carboxylic acids is 1. The van der Waals surface area contributed by atoms with E-state index < -0.39 is 11.9 Å². The molecule has 1 unspecified atom stereocenters. The summed E-state index contributed by atoms with van der Waals surface area (Å²) in [4.78, 5) is 23.7. The summed E-state index contributed by atoms with van der Waals surface area (Å²) in [6.07, 6.45) is -0.319. The molecule has 27 heavy (non-hydrogen) atoms. The fourth-order valence-corrected chi connectivity index (χ4v) is 2.70. The van der Waals surface area contributed by atoms with Gasteiger partial charge in [-0.25, -0.2) is 0 Å². The Kier molecular flexibility index (Phi) is 6.64. The number of nitrogens with zero attached hydrogens (tertiary/aromatic N) is 1. The average molecular weight is 378 g/mol. The van der Waals surface area contributed by atoms with Crippen LogP contribution in [0.5, 0.6) is 17.2 Å². The zero-order valence-corrected chi connectivity index (χ0v) is 15.6. The zero-order valence-electron chi connectivity index (χ0n) is 15.6. The summed E-state index contributed by atoms with van der Waals surface area (Å²) in [7, 11) is 4.40. The highest BCUT2D eigenvalue weighted by atomic mass is 16.5. The van der Waals surface area contributed by atoms with Crippen molar-refractivity contribution < 1.29 is 33.4 Å². The highest BCUT2D eigenvalue weighted by Gasteiger charge is 2.24. The van der Waals surface area contributed by atoms with E-state index in [1.807, 2.05) is 0 Å². The van der Waals surface area contributed by atoms with Crippen LogP contribution in [0.1, 0.15) is 30.1 Å². The number of hydrogen-bond donors (Lipinski definition) is 2. The first-order valence-electron chi connectivity index (χ1n) is 8.12. The number of nitrogens with one attached hydrogen (secondary N) is 1. The van der Waals surface area contributed by atoms with Crippen molar-refractivity contribution in [3.63, 3.8) is 0 Å². The lowest BCUT2D eigenvalue weighted by atomic mass is 9.91. The van der Waals surface area contributed by atoms with Gasteiger partial charge in [0.05, 0.1) is 27.8 Å². The number of benzene rings is 1. The Morgan fingerprint density at radius 2 is 1.74 bits per heavy atom. The molecule has 0 saturated carbocycles. The molecule has 0 aliphatic carbocycles. The predicted octanol–water partition coefficient (Wildman–Crippen LogP) is 2.60. The molecule has 1 atom stereocenters. The molecule has 0 aliphatic rings. The number of aryl methyl sites for hydroxylation is 1. The van der Waals surface area contributed by atoms with E-state index in [9.17, 15) is 14.7 Å². The highest BCUT2D eigenvalue weighted by Crippen LogP contribution is 2.41. The lowest BCUT2D eigenvalue weighted by Gasteiger charge is -2.19. The minimum absolute atomic E-state index is 0.0726. The molecule has 1 aromatic carbocycles. The van der Waals surface area contributed by atoms with E-state index in [-0.39, 0.29) is 24.6 Å². The summed E-state index contributed by atoms with van der Waals surface area (Å²) in [6.45, 7) is 1.70. The number of carboxylic acid groups (broad SMARTS) is 1. The molecule has 0 aliphatic heterocycles. The summed E-state index contributed by atoms with van der Waals surface area (Å²) in [5.41, 5.74) is 0.582. The summed E-state index contributed by atoms with van der Waals surface area (Å²) in [6, 6.07) is 4.86. The van der Waals surface area contributed by atoms with Crippen molar-refractivity contribution in [2.45, 2.75) is 25.7 Å². The Morgan fingerprint density at radius 3 is 2.19 bits per heavy atom. The molecule has 0 radical (unpaired) electrons. The molecule has 0 saturated heterocycles. The number of rotatable bonds is 9. The summed E-state index contributed by atoms with van der Waals surface area (Å²) < 4.78 is 20.8. The van der Waals surface area contributed by atoms with Crippen molar-refractivity contribution in [1.82, 2.24) is 5.16 Å². The molecule has 146 valence electrons. The van der Waals surface area contributed by atoms with Crippen molar-refractivity contribution in [1.29, 1.82) is 0 Å². The van der Waals surface area contributed by atoms with Gasteiger partial charge in [-0.3, -0.25) is 9.59 Å². The quantitative estimate of drug-likeness (QED) is 0.683. The Balaban J connectivity index is 2.29. The number of methoxy groups -OCH3 is 3. The van der Waals surface area contributed by atoms with Gasteiger partial charge in [-0.2, -0.15) is 0 Å². The first kappa shape index (κ1) is 20.1. The summed E-state index contributed by atoms with van der Waals surface area (Å²) >= 11 is 0. The Bertz CT molecular complexity index is 791. The molecular formula is C18H22N2O7. The zero-order chi connectivity index (χ0) is 20.0. The van der Waals surface area contributed by atoms with Crippen LogP contribution in [0.25, 0.3) is 0 Å². The van der Waals surface area contributed by atoms with Gasteiger partial charge >= 0.3 is 5.97 Å². The first-order valence-corrected chi connectivity index (χ1v) is 8.12. The topological polar surface area (TPSA) is 120 Å². The molecule has 9 heteroatoms. The van der Waals surface area contributed by atoms with Gasteiger partial charge in [-0.15, -0.1) is 0 Å². The van der Waals surface area contributed by atoms with Gasteiger partial charge in [0.2, 0.25) is 11.7 Å². The molecule has 2 aromatic rings. The summed E-state index contributed by atoms with van der Waals surface area (Å²) in [5.74, 6) is -0.0373. The van der Waals surface area contributed by atoms with E-state index in [0.29, 0.717) is 28.6 Å². The molecule has 0 spiro atoms. The maximum absolute atomic E-state index is 12.3. The van der Waals surface area contributed by atoms with E-state index in [2.05, 4.69) is 10.5 Å². The van der Waals surface area contributed by atoms with Crippen molar-refractivity contribution >= 4 is 17.7 Å². The van der Waals surface area contributed by atoms with Crippen LogP contribution in [0.15, 0.2) is 22.7 Å². The third-order valence-electron chi connectivity index (χ3n) is 3.91. The van der Waals surface area contributed by atoms with Crippen LogP contribution >= 0.6 is 0 Å². The Hall–Kier alpha value is -3.23. The fourth-order valence-electron chi connectivity index (χ4n) is 2.70. The van der Waals surface area contributed by atoms with Crippen LogP contribution < -0.4 is 19.5 Å². The van der Waals surface area contributed by atoms with E-state index in [1.54, 1.807) is 25.1 Å². The SMILES string of the molecule is COc1cc(C(CC(=O)O)CC(=O)Nc2cc(C)on2)cc(OC)c1OC. The van der Waals surface area contributed by atoms with Crippen LogP contribution in [-0.2, 0) is 9.59 Å². The maximum Gasteiger partial charge on any atom is 0.303 e. The van der Waals surface area contributed by atoms with Crippen molar-refractivity contribution in [2.24, 2.45) is 0 Å². The average Bonchev–Trinajstić information content (AvgIpc) is 3.03. The monoisotopic (exact) mass is 378 g/mol. The largest absolute Gasteiger partial charge is 0.493 e. The molecule has 1 amide bonds. The third-order valence-corrected chi connectivity index (χ3v) is 3.91. The van der Waals surface area contributed by atoms with Gasteiger partial charge in [-0.05, 0) is 24.6 Å². The Morgan fingerprint density at radius 1 is 1.11 bits per heavy atom. The minimum atomic E-state index is -1.03. The minimum Gasteiger partial charge on any atom is -0.493 e. The second kappa shape index (κ2) is 8.93. The molecular weight excluding hydrogens is 356 g/mol. The lowest BCUT2D eigenvalue weighted by molar-refractivity contribution is -0.137. The molecule has 1 aromatic heterocycles. The number of amides is 1. The van der Waals surface area contributed by atoms with Crippen LogP contribution in [0.2, 0.25) is 0 Å². The molecule has 0 fully saturated rings. The molecule has 0 bridgehead atoms. The number of aromatic nitrogens is 1. The van der Waals surface area contributed by atoms with Gasteiger partial charge in [0.1, 0.15) is 5.76 Å². The van der Waals surface area contributed by atoms with Crippen molar-refractivity contribution in [2.75, 3.05) is 26.6 Å². The molecule has 2 rings (SSSR count). The lowest BCUT2D eigenvalue weighted by Crippen LogP contribution is -2.18. The van der Waals surface area contributed by atoms with Gasteiger partial charge in [0.25, 0.3) is 0 Å². The van der Waals surface area contributed by atoms with Crippen LogP contribution in [-0.4, -0.2) is 43.5 Å². The van der Waals surface area contributed by atoms with E-state index >= 15 is 0 Å². The normalized spacial score (nSPS) is 11.6. The van der Waals surface area contributed by atoms with Crippen molar-refractivity contribution in [3.8, 4) is 17.2 Å².